The average molecular weight is 209 g/mol. The highest BCUT2D eigenvalue weighted by Crippen LogP contribution is 2.50. The molecule has 5 nitrogen and oxygen atoms in total. The van der Waals surface area contributed by atoms with E-state index in [0.717, 1.165) is 18.5 Å². The Labute approximate surface area is 88.2 Å². The summed E-state index contributed by atoms with van der Waals surface area (Å²) >= 11 is 0. The van der Waals surface area contributed by atoms with Crippen molar-refractivity contribution >= 4 is 5.97 Å². The number of nitrogens with zero attached hydrogens (tertiary/aromatic N) is 2. The van der Waals surface area contributed by atoms with Crippen LogP contribution in [-0.4, -0.2) is 28.9 Å². The quantitative estimate of drug-likeness (QED) is 0.709. The Morgan fingerprint density at radius 1 is 1.73 bits per heavy atom. The number of aromatic nitrogens is 2. The molecule has 15 heavy (non-hydrogen) atoms. The van der Waals surface area contributed by atoms with Crippen molar-refractivity contribution in [1.29, 1.82) is 0 Å². The van der Waals surface area contributed by atoms with Gasteiger partial charge in [-0.2, -0.15) is 5.10 Å². The second-order valence-corrected chi connectivity index (χ2v) is 4.00. The first-order valence-electron chi connectivity index (χ1n) is 4.94. The predicted molar refractivity (Wildman–Crippen MR) is 54.1 cm³/mol. The largest absolute Gasteiger partial charge is 0.468 e. The SMILES string of the molecule is COC(=O)C(N)C1(c2ccnn2C)CC1. The van der Waals surface area contributed by atoms with Crippen molar-refractivity contribution in [3.63, 3.8) is 0 Å². The molecule has 0 spiro atoms. The lowest BCUT2D eigenvalue weighted by atomic mass is 9.93. The van der Waals surface area contributed by atoms with Crippen molar-refractivity contribution in [3.8, 4) is 0 Å². The van der Waals surface area contributed by atoms with E-state index in [4.69, 9.17) is 5.73 Å². The van der Waals surface area contributed by atoms with E-state index in [1.165, 1.54) is 7.11 Å². The smallest absolute Gasteiger partial charge is 0.323 e. The van der Waals surface area contributed by atoms with Crippen molar-refractivity contribution in [1.82, 2.24) is 9.78 Å². The monoisotopic (exact) mass is 209 g/mol. The fraction of sp³-hybridized carbons (Fsp3) is 0.600. The predicted octanol–water partition coefficient (Wildman–Crippen LogP) is -0.0480. The van der Waals surface area contributed by atoms with Gasteiger partial charge in [0.05, 0.1) is 7.11 Å². The van der Waals surface area contributed by atoms with Crippen LogP contribution in [-0.2, 0) is 22.0 Å². The summed E-state index contributed by atoms with van der Waals surface area (Å²) in [4.78, 5) is 11.4. The van der Waals surface area contributed by atoms with Crippen molar-refractivity contribution in [3.05, 3.63) is 18.0 Å². The fourth-order valence-corrected chi connectivity index (χ4v) is 2.08. The van der Waals surface area contributed by atoms with Gasteiger partial charge in [0.2, 0.25) is 0 Å². The van der Waals surface area contributed by atoms with E-state index in [-0.39, 0.29) is 11.4 Å². The molecule has 5 heteroatoms. The van der Waals surface area contributed by atoms with Crippen LogP contribution in [0.1, 0.15) is 18.5 Å². The molecule has 0 radical (unpaired) electrons. The molecule has 1 atom stereocenters. The first-order chi connectivity index (χ1) is 7.12. The number of hydrogen-bond donors (Lipinski definition) is 1. The zero-order valence-corrected chi connectivity index (χ0v) is 8.93. The molecule has 1 aromatic rings. The van der Waals surface area contributed by atoms with Gasteiger partial charge in [0, 0.05) is 24.4 Å². The number of ether oxygens (including phenoxy) is 1. The van der Waals surface area contributed by atoms with Crippen LogP contribution >= 0.6 is 0 Å². The highest BCUT2D eigenvalue weighted by atomic mass is 16.5. The van der Waals surface area contributed by atoms with Gasteiger partial charge in [-0.3, -0.25) is 9.48 Å². The van der Waals surface area contributed by atoms with Crippen LogP contribution in [0.3, 0.4) is 0 Å². The number of nitrogens with two attached hydrogens (primary N) is 1. The van der Waals surface area contributed by atoms with Crippen LogP contribution in [0.4, 0.5) is 0 Å². The van der Waals surface area contributed by atoms with Crippen LogP contribution in [0.2, 0.25) is 0 Å². The van der Waals surface area contributed by atoms with Gasteiger partial charge in [0.25, 0.3) is 0 Å². The molecule has 1 heterocycles. The van der Waals surface area contributed by atoms with Gasteiger partial charge in [0.1, 0.15) is 6.04 Å². The molecule has 0 aliphatic heterocycles. The minimum atomic E-state index is -0.585. The molecule has 1 aromatic heterocycles. The maximum atomic E-state index is 11.4. The lowest BCUT2D eigenvalue weighted by Crippen LogP contribution is -2.43. The topological polar surface area (TPSA) is 70.1 Å². The molecule has 2 rings (SSSR count). The minimum absolute atomic E-state index is 0.252. The van der Waals surface area contributed by atoms with Crippen molar-refractivity contribution < 1.29 is 9.53 Å². The number of rotatable bonds is 3. The van der Waals surface area contributed by atoms with Crippen LogP contribution in [0.25, 0.3) is 0 Å². The Morgan fingerprint density at radius 3 is 2.80 bits per heavy atom. The molecular weight excluding hydrogens is 194 g/mol. The fourth-order valence-electron chi connectivity index (χ4n) is 2.08. The summed E-state index contributed by atoms with van der Waals surface area (Å²) in [5, 5.41) is 4.10. The Balaban J connectivity index is 2.28. The van der Waals surface area contributed by atoms with Gasteiger partial charge < -0.3 is 10.5 Å². The maximum Gasteiger partial charge on any atom is 0.323 e. The lowest BCUT2D eigenvalue weighted by Gasteiger charge is -2.21. The van der Waals surface area contributed by atoms with Crippen molar-refractivity contribution in [2.45, 2.75) is 24.3 Å². The molecule has 1 unspecified atom stereocenters. The molecule has 2 N–H and O–H groups in total. The van der Waals surface area contributed by atoms with Crippen molar-refractivity contribution in [2.75, 3.05) is 7.11 Å². The summed E-state index contributed by atoms with van der Waals surface area (Å²) < 4.78 is 6.46. The summed E-state index contributed by atoms with van der Waals surface area (Å²) in [6, 6.07) is 1.33. The van der Waals surface area contributed by atoms with E-state index >= 15 is 0 Å². The summed E-state index contributed by atoms with van der Waals surface area (Å²) in [5.74, 6) is -0.353. The summed E-state index contributed by atoms with van der Waals surface area (Å²) in [7, 11) is 3.22. The van der Waals surface area contributed by atoms with Crippen LogP contribution in [0, 0.1) is 0 Å². The molecule has 1 aliphatic rings. The Kier molecular flexibility index (Phi) is 2.26. The van der Waals surface area contributed by atoms with Gasteiger partial charge in [-0.05, 0) is 18.9 Å². The van der Waals surface area contributed by atoms with Crippen LogP contribution in [0.15, 0.2) is 12.3 Å². The summed E-state index contributed by atoms with van der Waals surface area (Å²) in [6.45, 7) is 0. The summed E-state index contributed by atoms with van der Waals surface area (Å²) in [5.41, 5.74) is 6.68. The van der Waals surface area contributed by atoms with Gasteiger partial charge in [-0.15, -0.1) is 0 Å². The van der Waals surface area contributed by atoms with E-state index in [0.29, 0.717) is 0 Å². The number of aryl methyl sites for hydroxylation is 1. The third kappa shape index (κ3) is 1.43. The Morgan fingerprint density at radius 2 is 2.40 bits per heavy atom. The van der Waals surface area contributed by atoms with E-state index < -0.39 is 6.04 Å². The third-order valence-electron chi connectivity index (χ3n) is 3.17. The van der Waals surface area contributed by atoms with Gasteiger partial charge >= 0.3 is 5.97 Å². The number of esters is 1. The standard InChI is InChI=1S/C10H15N3O2/c1-13-7(3-6-12-13)10(4-5-10)8(11)9(14)15-2/h3,6,8H,4-5,11H2,1-2H3. The zero-order valence-electron chi connectivity index (χ0n) is 8.93. The Bertz CT molecular complexity index is 382. The van der Waals surface area contributed by atoms with Crippen LogP contribution < -0.4 is 5.73 Å². The normalized spacial score (nSPS) is 19.7. The molecule has 1 aliphatic carbocycles. The minimum Gasteiger partial charge on any atom is -0.468 e. The number of hydrogen-bond acceptors (Lipinski definition) is 4. The molecule has 0 saturated heterocycles. The Hall–Kier alpha value is -1.36. The molecule has 82 valence electrons. The summed E-state index contributed by atoms with van der Waals surface area (Å²) in [6.07, 6.45) is 3.56. The first kappa shape index (κ1) is 10.2. The molecule has 0 bridgehead atoms. The van der Waals surface area contributed by atoms with Gasteiger partial charge in [-0.1, -0.05) is 0 Å². The lowest BCUT2D eigenvalue weighted by molar-refractivity contribution is -0.143. The van der Waals surface area contributed by atoms with E-state index in [1.807, 2.05) is 13.1 Å². The number of methoxy groups -OCH3 is 1. The number of carbonyl (C=O) groups is 1. The molecule has 1 fully saturated rings. The highest BCUT2D eigenvalue weighted by molar-refractivity contribution is 5.78. The zero-order chi connectivity index (χ0) is 11.1. The van der Waals surface area contributed by atoms with Crippen molar-refractivity contribution in [2.24, 2.45) is 12.8 Å². The second-order valence-electron chi connectivity index (χ2n) is 4.00. The second kappa shape index (κ2) is 3.34. The van der Waals surface area contributed by atoms with Crippen LogP contribution in [0.5, 0.6) is 0 Å². The molecule has 1 saturated carbocycles. The molecule has 0 aromatic carbocycles. The van der Waals surface area contributed by atoms with E-state index in [9.17, 15) is 4.79 Å². The molecule has 0 amide bonds. The van der Waals surface area contributed by atoms with Gasteiger partial charge in [0.15, 0.2) is 0 Å². The number of carbonyl (C=O) groups excluding carboxylic acids is 1. The highest BCUT2D eigenvalue weighted by Gasteiger charge is 2.54. The molecular formula is C10H15N3O2. The van der Waals surface area contributed by atoms with Gasteiger partial charge in [-0.25, -0.2) is 0 Å². The average Bonchev–Trinajstić information content (AvgIpc) is 2.94. The maximum absolute atomic E-state index is 11.4. The van der Waals surface area contributed by atoms with E-state index in [2.05, 4.69) is 9.84 Å². The third-order valence-corrected chi connectivity index (χ3v) is 3.17. The van der Waals surface area contributed by atoms with E-state index in [1.54, 1.807) is 10.9 Å². The first-order valence-corrected chi connectivity index (χ1v) is 4.94.